The predicted octanol–water partition coefficient (Wildman–Crippen LogP) is 2.27. The fraction of sp³-hybridized carbons (Fsp3) is 0.214. The Balaban J connectivity index is 2.09. The lowest BCUT2D eigenvalue weighted by Crippen LogP contribution is -2.25. The molecule has 21 heavy (non-hydrogen) atoms. The van der Waals surface area contributed by atoms with E-state index in [1.165, 1.54) is 18.2 Å². The normalized spacial score (nSPS) is 10.3. The lowest BCUT2D eigenvalue weighted by Gasteiger charge is -2.11. The molecule has 0 atom stereocenters. The van der Waals surface area contributed by atoms with Crippen LogP contribution in [0.3, 0.4) is 0 Å². The number of halogens is 2. The van der Waals surface area contributed by atoms with Crippen LogP contribution < -0.4 is 10.2 Å². The molecular formula is C14H14ClFN4O. The molecule has 1 heterocycles. The van der Waals surface area contributed by atoms with Gasteiger partial charge in [0.15, 0.2) is 0 Å². The van der Waals surface area contributed by atoms with Gasteiger partial charge in [-0.15, -0.1) is 0 Å². The first kappa shape index (κ1) is 15.2. The van der Waals surface area contributed by atoms with Gasteiger partial charge in [0.2, 0.25) is 5.95 Å². The van der Waals surface area contributed by atoms with Gasteiger partial charge in [0.25, 0.3) is 5.91 Å². The average Bonchev–Trinajstić information content (AvgIpc) is 2.45. The number of nitrogens with one attached hydrogen (secondary N) is 1. The fourth-order valence-corrected chi connectivity index (χ4v) is 1.92. The van der Waals surface area contributed by atoms with Crippen LogP contribution >= 0.6 is 11.6 Å². The molecule has 0 unspecified atom stereocenters. The number of benzene rings is 1. The van der Waals surface area contributed by atoms with Crippen molar-refractivity contribution in [1.82, 2.24) is 15.3 Å². The van der Waals surface area contributed by atoms with Crippen LogP contribution in [0.2, 0.25) is 5.02 Å². The molecule has 2 aromatic rings. The van der Waals surface area contributed by atoms with E-state index in [1.54, 1.807) is 17.2 Å². The van der Waals surface area contributed by atoms with Crippen molar-refractivity contribution in [2.75, 3.05) is 19.0 Å². The topological polar surface area (TPSA) is 58.1 Å². The van der Waals surface area contributed by atoms with Crippen molar-refractivity contribution >= 4 is 23.5 Å². The summed E-state index contributed by atoms with van der Waals surface area (Å²) in [5, 5.41) is 2.66. The Bertz CT molecular complexity index is 643. The van der Waals surface area contributed by atoms with Crippen molar-refractivity contribution in [3.05, 3.63) is 52.6 Å². The second-order valence-electron chi connectivity index (χ2n) is 4.52. The number of nitrogens with zero attached hydrogens (tertiary/aromatic N) is 3. The van der Waals surface area contributed by atoms with Crippen LogP contribution in [0.1, 0.15) is 16.1 Å². The lowest BCUT2D eigenvalue weighted by molar-refractivity contribution is 0.0946. The second kappa shape index (κ2) is 6.49. The van der Waals surface area contributed by atoms with Gasteiger partial charge in [-0.25, -0.2) is 14.4 Å². The number of hydrogen-bond donors (Lipinski definition) is 1. The molecule has 0 spiro atoms. The third kappa shape index (κ3) is 3.66. The number of carbonyl (C=O) groups is 1. The van der Waals surface area contributed by atoms with Gasteiger partial charge in [0.05, 0.1) is 22.8 Å². The maximum atomic E-state index is 13.6. The molecule has 0 saturated carbocycles. The molecule has 1 aromatic heterocycles. The summed E-state index contributed by atoms with van der Waals surface area (Å²) in [6.07, 6.45) is 1.60. The Hall–Kier alpha value is -2.21. The Labute approximate surface area is 126 Å². The van der Waals surface area contributed by atoms with Crippen LogP contribution in [-0.2, 0) is 6.54 Å². The predicted molar refractivity (Wildman–Crippen MR) is 78.9 cm³/mol. The van der Waals surface area contributed by atoms with Crippen LogP contribution in [0.25, 0.3) is 0 Å². The maximum Gasteiger partial charge on any atom is 0.256 e. The van der Waals surface area contributed by atoms with Crippen molar-refractivity contribution in [1.29, 1.82) is 0 Å². The van der Waals surface area contributed by atoms with Gasteiger partial charge in [0, 0.05) is 20.3 Å². The summed E-state index contributed by atoms with van der Waals surface area (Å²) in [4.78, 5) is 22.1. The van der Waals surface area contributed by atoms with E-state index in [0.29, 0.717) is 11.6 Å². The maximum absolute atomic E-state index is 13.6. The minimum Gasteiger partial charge on any atom is -0.347 e. The molecule has 110 valence electrons. The molecule has 1 N–H and O–H groups in total. The summed E-state index contributed by atoms with van der Waals surface area (Å²) in [5.41, 5.74) is 0.454. The van der Waals surface area contributed by atoms with E-state index in [0.717, 1.165) is 0 Å². The first-order valence-electron chi connectivity index (χ1n) is 6.20. The second-order valence-corrected chi connectivity index (χ2v) is 4.93. The van der Waals surface area contributed by atoms with Gasteiger partial charge >= 0.3 is 0 Å². The highest BCUT2D eigenvalue weighted by molar-refractivity contribution is 6.33. The highest BCUT2D eigenvalue weighted by atomic mass is 35.5. The molecule has 0 aliphatic heterocycles. The highest BCUT2D eigenvalue weighted by Crippen LogP contribution is 2.18. The van der Waals surface area contributed by atoms with Gasteiger partial charge < -0.3 is 10.2 Å². The zero-order valence-corrected chi connectivity index (χ0v) is 12.4. The molecular weight excluding hydrogens is 295 g/mol. The van der Waals surface area contributed by atoms with Crippen LogP contribution in [0, 0.1) is 5.82 Å². The van der Waals surface area contributed by atoms with Crippen LogP contribution in [0.5, 0.6) is 0 Å². The van der Waals surface area contributed by atoms with Gasteiger partial charge in [-0.1, -0.05) is 17.7 Å². The molecule has 7 heteroatoms. The van der Waals surface area contributed by atoms with E-state index in [4.69, 9.17) is 11.6 Å². The zero-order valence-electron chi connectivity index (χ0n) is 11.6. The quantitative estimate of drug-likeness (QED) is 0.941. The van der Waals surface area contributed by atoms with E-state index in [2.05, 4.69) is 15.3 Å². The Kier molecular flexibility index (Phi) is 4.70. The Morgan fingerprint density at radius 3 is 2.81 bits per heavy atom. The van der Waals surface area contributed by atoms with Crippen LogP contribution in [-0.4, -0.2) is 30.0 Å². The van der Waals surface area contributed by atoms with E-state index < -0.39 is 11.7 Å². The summed E-state index contributed by atoms with van der Waals surface area (Å²) in [6.45, 7) is 0.160. The average molecular weight is 309 g/mol. The van der Waals surface area contributed by atoms with Crippen molar-refractivity contribution in [2.45, 2.75) is 6.54 Å². The number of aromatic nitrogens is 2. The number of amides is 1. The molecule has 0 fully saturated rings. The third-order valence-corrected chi connectivity index (χ3v) is 3.04. The summed E-state index contributed by atoms with van der Waals surface area (Å²) < 4.78 is 13.6. The number of anilines is 1. The van der Waals surface area contributed by atoms with Crippen molar-refractivity contribution < 1.29 is 9.18 Å². The first-order chi connectivity index (χ1) is 9.99. The standard InChI is InChI=1S/C14H14ClFN4O/c1-20(2)14-17-7-6-9(19-14)8-18-13(21)12-10(15)4-3-5-11(12)16/h3-7H,8H2,1-2H3,(H,18,21). The van der Waals surface area contributed by atoms with Crippen LogP contribution in [0.15, 0.2) is 30.5 Å². The molecule has 0 radical (unpaired) electrons. The monoisotopic (exact) mass is 308 g/mol. The molecule has 5 nitrogen and oxygen atoms in total. The molecule has 0 aliphatic rings. The van der Waals surface area contributed by atoms with Gasteiger partial charge in [-0.05, 0) is 18.2 Å². The van der Waals surface area contributed by atoms with E-state index in [1.807, 2.05) is 14.1 Å². The highest BCUT2D eigenvalue weighted by Gasteiger charge is 2.15. The Morgan fingerprint density at radius 1 is 1.38 bits per heavy atom. The van der Waals surface area contributed by atoms with E-state index in [9.17, 15) is 9.18 Å². The van der Waals surface area contributed by atoms with E-state index in [-0.39, 0.29) is 17.1 Å². The minimum atomic E-state index is -0.656. The first-order valence-corrected chi connectivity index (χ1v) is 6.58. The molecule has 0 saturated heterocycles. The van der Waals surface area contributed by atoms with E-state index >= 15 is 0 Å². The number of hydrogen-bond acceptors (Lipinski definition) is 4. The Morgan fingerprint density at radius 2 is 2.14 bits per heavy atom. The molecule has 0 bridgehead atoms. The SMILES string of the molecule is CN(C)c1nccc(CNC(=O)c2c(F)cccc2Cl)n1. The van der Waals surface area contributed by atoms with Crippen molar-refractivity contribution in [2.24, 2.45) is 0 Å². The number of carbonyl (C=O) groups excluding carboxylic acids is 1. The summed E-state index contributed by atoms with van der Waals surface area (Å²) >= 11 is 5.84. The van der Waals surface area contributed by atoms with Crippen molar-refractivity contribution in [3.63, 3.8) is 0 Å². The minimum absolute atomic E-state index is 0.0733. The van der Waals surface area contributed by atoms with Gasteiger partial charge in [-0.2, -0.15) is 0 Å². The van der Waals surface area contributed by atoms with Crippen LogP contribution in [0.4, 0.5) is 10.3 Å². The molecule has 0 aliphatic carbocycles. The largest absolute Gasteiger partial charge is 0.347 e. The molecule has 2 rings (SSSR count). The molecule has 1 aromatic carbocycles. The summed E-state index contributed by atoms with van der Waals surface area (Å²) in [7, 11) is 3.63. The lowest BCUT2D eigenvalue weighted by atomic mass is 10.2. The zero-order chi connectivity index (χ0) is 15.4. The fourth-order valence-electron chi connectivity index (χ4n) is 1.67. The van der Waals surface area contributed by atoms with Crippen molar-refractivity contribution in [3.8, 4) is 0 Å². The molecule has 1 amide bonds. The summed E-state index contributed by atoms with van der Waals surface area (Å²) in [5.74, 6) is -0.703. The third-order valence-electron chi connectivity index (χ3n) is 2.72. The smallest absolute Gasteiger partial charge is 0.256 e. The van der Waals surface area contributed by atoms with Gasteiger partial charge in [-0.3, -0.25) is 4.79 Å². The number of rotatable bonds is 4. The summed E-state index contributed by atoms with van der Waals surface area (Å²) in [6, 6.07) is 5.78. The van der Waals surface area contributed by atoms with Gasteiger partial charge in [0.1, 0.15) is 5.82 Å².